The Morgan fingerprint density at radius 3 is 2.43 bits per heavy atom. The molecule has 0 aromatic rings. The molecule has 0 bridgehead atoms. The van der Waals surface area contributed by atoms with E-state index in [9.17, 15) is 14.7 Å². The highest BCUT2D eigenvalue weighted by molar-refractivity contribution is 5.68. The fourth-order valence-corrected chi connectivity index (χ4v) is 4.22. The van der Waals surface area contributed by atoms with Gasteiger partial charge in [0.25, 0.3) is 0 Å². The lowest BCUT2D eigenvalue weighted by molar-refractivity contribution is -0.0206. The number of hydrogen-bond donors (Lipinski definition) is 4. The van der Waals surface area contributed by atoms with Crippen molar-refractivity contribution < 1.29 is 28.9 Å². The molecule has 1 saturated heterocycles. The number of amides is 2. The summed E-state index contributed by atoms with van der Waals surface area (Å²) in [5, 5.41) is 16.9. The van der Waals surface area contributed by atoms with E-state index in [1.807, 2.05) is 0 Å². The van der Waals surface area contributed by atoms with Crippen LogP contribution in [-0.2, 0) is 14.2 Å². The van der Waals surface area contributed by atoms with Crippen molar-refractivity contribution in [1.82, 2.24) is 10.6 Å². The summed E-state index contributed by atoms with van der Waals surface area (Å²) < 4.78 is 16.4. The maximum absolute atomic E-state index is 12.5. The summed E-state index contributed by atoms with van der Waals surface area (Å²) in [5.41, 5.74) is 4.64. The lowest BCUT2D eigenvalue weighted by atomic mass is 9.81. The van der Waals surface area contributed by atoms with Crippen molar-refractivity contribution in [2.75, 3.05) is 19.7 Å². The third kappa shape index (κ3) is 8.65. The fourth-order valence-electron chi connectivity index (χ4n) is 4.22. The van der Waals surface area contributed by atoms with Gasteiger partial charge in [0.2, 0.25) is 0 Å². The van der Waals surface area contributed by atoms with E-state index >= 15 is 0 Å². The number of carbonyl (C=O) groups is 2. The summed E-state index contributed by atoms with van der Waals surface area (Å²) in [5.74, 6) is 0.0130. The first-order valence-electron chi connectivity index (χ1n) is 11.1. The second kappa shape index (κ2) is 11.7. The molecule has 4 atom stereocenters. The molecule has 1 heterocycles. The van der Waals surface area contributed by atoms with E-state index in [-0.39, 0.29) is 18.6 Å². The van der Waals surface area contributed by atoms with Gasteiger partial charge in [0, 0.05) is 19.7 Å². The largest absolute Gasteiger partial charge is 0.444 e. The van der Waals surface area contributed by atoms with Crippen LogP contribution < -0.4 is 16.4 Å². The molecule has 2 rings (SSSR count). The highest BCUT2D eigenvalue weighted by Crippen LogP contribution is 2.30. The summed E-state index contributed by atoms with van der Waals surface area (Å²) in [6, 6.07) is -0.840. The van der Waals surface area contributed by atoms with Gasteiger partial charge in [-0.15, -0.1) is 0 Å². The average molecular weight is 430 g/mol. The molecule has 0 aromatic heterocycles. The van der Waals surface area contributed by atoms with Crippen molar-refractivity contribution in [3.63, 3.8) is 0 Å². The predicted octanol–water partition coefficient (Wildman–Crippen LogP) is 2.05. The van der Waals surface area contributed by atoms with Crippen LogP contribution in [0.25, 0.3) is 0 Å². The van der Waals surface area contributed by atoms with E-state index in [2.05, 4.69) is 10.6 Å². The minimum Gasteiger partial charge on any atom is -0.444 e. The second-order valence-electron chi connectivity index (χ2n) is 9.33. The van der Waals surface area contributed by atoms with Gasteiger partial charge < -0.3 is 35.7 Å². The van der Waals surface area contributed by atoms with Crippen molar-refractivity contribution in [1.29, 1.82) is 0 Å². The van der Waals surface area contributed by atoms with Gasteiger partial charge in [-0.1, -0.05) is 19.3 Å². The molecule has 9 nitrogen and oxygen atoms in total. The third-order valence-corrected chi connectivity index (χ3v) is 5.57. The van der Waals surface area contributed by atoms with Crippen molar-refractivity contribution >= 4 is 12.2 Å². The van der Waals surface area contributed by atoms with E-state index in [1.54, 1.807) is 20.8 Å². The van der Waals surface area contributed by atoms with Crippen LogP contribution in [0.4, 0.5) is 9.59 Å². The van der Waals surface area contributed by atoms with Crippen molar-refractivity contribution in [3.8, 4) is 0 Å². The zero-order chi connectivity index (χ0) is 22.1. The first-order valence-corrected chi connectivity index (χ1v) is 11.1. The summed E-state index contributed by atoms with van der Waals surface area (Å²) in [4.78, 5) is 24.1. The quantitative estimate of drug-likeness (QED) is 0.441. The number of ether oxygens (including phenoxy) is 3. The lowest BCUT2D eigenvalue weighted by Crippen LogP contribution is -2.58. The molecule has 1 aliphatic carbocycles. The molecule has 30 heavy (non-hydrogen) atoms. The molecular weight excluding hydrogens is 390 g/mol. The lowest BCUT2D eigenvalue weighted by Gasteiger charge is -2.37. The fraction of sp³-hybridized carbons (Fsp3) is 0.905. The average Bonchev–Trinajstić information content (AvgIpc) is 3.17. The van der Waals surface area contributed by atoms with Gasteiger partial charge in [0.05, 0.1) is 18.2 Å². The van der Waals surface area contributed by atoms with E-state index in [0.29, 0.717) is 6.54 Å². The molecule has 1 unspecified atom stereocenters. The number of alkyl carbamates (subject to hydrolysis) is 1. The first-order chi connectivity index (χ1) is 14.2. The van der Waals surface area contributed by atoms with E-state index in [0.717, 1.165) is 51.6 Å². The van der Waals surface area contributed by atoms with Crippen molar-refractivity contribution in [2.24, 2.45) is 11.7 Å². The van der Waals surface area contributed by atoms with Gasteiger partial charge >= 0.3 is 12.2 Å². The molecule has 2 fully saturated rings. The summed E-state index contributed by atoms with van der Waals surface area (Å²) in [6.07, 6.45) is 3.68. The third-order valence-electron chi connectivity index (χ3n) is 5.57. The number of aliphatic hydroxyl groups is 1. The van der Waals surface area contributed by atoms with E-state index < -0.39 is 36.0 Å². The molecule has 0 spiro atoms. The van der Waals surface area contributed by atoms with Crippen molar-refractivity contribution in [3.05, 3.63) is 0 Å². The minimum absolute atomic E-state index is 0.0130. The molecule has 1 aliphatic heterocycles. The molecular formula is C21H39N3O6. The first kappa shape index (κ1) is 24.7. The zero-order valence-electron chi connectivity index (χ0n) is 18.5. The van der Waals surface area contributed by atoms with Crippen LogP contribution in [0.1, 0.15) is 65.7 Å². The highest BCUT2D eigenvalue weighted by Gasteiger charge is 2.39. The van der Waals surface area contributed by atoms with Crippen LogP contribution in [0.3, 0.4) is 0 Å². The Balaban J connectivity index is 2.08. The highest BCUT2D eigenvalue weighted by atomic mass is 16.6. The molecule has 0 aromatic carbocycles. The summed E-state index contributed by atoms with van der Waals surface area (Å²) >= 11 is 0. The van der Waals surface area contributed by atoms with Gasteiger partial charge in [-0.2, -0.15) is 0 Å². The minimum atomic E-state index is -0.995. The Hall–Kier alpha value is -1.58. The van der Waals surface area contributed by atoms with Crippen LogP contribution in [0, 0.1) is 5.92 Å². The molecule has 2 amide bonds. The summed E-state index contributed by atoms with van der Waals surface area (Å²) in [6.45, 7) is 6.87. The van der Waals surface area contributed by atoms with Gasteiger partial charge in [-0.05, 0) is 52.4 Å². The van der Waals surface area contributed by atoms with Crippen LogP contribution in [0.15, 0.2) is 0 Å². The van der Waals surface area contributed by atoms with Gasteiger partial charge in [0.1, 0.15) is 11.7 Å². The SMILES string of the molecule is CC(C)(C)OC(=O)N[C@H](C(OC(N)=O)C1CCCCC1)[C@H](O)CNC[C@@H]1CCCO1. The van der Waals surface area contributed by atoms with Gasteiger partial charge in [0.15, 0.2) is 0 Å². The van der Waals surface area contributed by atoms with E-state index in [4.69, 9.17) is 19.9 Å². The maximum Gasteiger partial charge on any atom is 0.408 e. The Kier molecular flexibility index (Phi) is 9.64. The molecule has 5 N–H and O–H groups in total. The number of carbonyl (C=O) groups excluding carboxylic acids is 2. The Bertz CT molecular complexity index is 541. The Morgan fingerprint density at radius 1 is 1.17 bits per heavy atom. The molecule has 0 radical (unpaired) electrons. The number of rotatable bonds is 9. The molecule has 1 saturated carbocycles. The van der Waals surface area contributed by atoms with Crippen LogP contribution in [0.5, 0.6) is 0 Å². The molecule has 2 aliphatic rings. The zero-order valence-corrected chi connectivity index (χ0v) is 18.5. The van der Waals surface area contributed by atoms with E-state index in [1.165, 1.54) is 0 Å². The number of nitrogens with two attached hydrogens (primary N) is 1. The van der Waals surface area contributed by atoms with Crippen LogP contribution >= 0.6 is 0 Å². The number of aliphatic hydroxyl groups excluding tert-OH is 1. The standard InChI is InChI=1S/C21H39N3O6/c1-21(2,3)30-20(27)24-17(16(25)13-23-12-15-10-7-11-28-15)18(29-19(22)26)14-8-5-4-6-9-14/h14-18,23,25H,4-13H2,1-3H3,(H2,22,26)(H,24,27)/t15-,16+,17-,18?/m0/s1. The topological polar surface area (TPSA) is 132 Å². The predicted molar refractivity (Wildman–Crippen MR) is 112 cm³/mol. The number of primary amides is 1. The van der Waals surface area contributed by atoms with Crippen LogP contribution in [0.2, 0.25) is 0 Å². The smallest absolute Gasteiger partial charge is 0.408 e. The number of nitrogens with one attached hydrogen (secondary N) is 2. The van der Waals surface area contributed by atoms with Gasteiger partial charge in [-0.3, -0.25) is 0 Å². The normalized spacial score (nSPS) is 23.4. The molecule has 174 valence electrons. The summed E-state index contributed by atoms with van der Waals surface area (Å²) in [7, 11) is 0. The Morgan fingerprint density at radius 2 is 1.87 bits per heavy atom. The number of hydrogen-bond acceptors (Lipinski definition) is 7. The van der Waals surface area contributed by atoms with Crippen molar-refractivity contribution in [2.45, 2.75) is 95.7 Å². The Labute approximate surface area is 179 Å². The van der Waals surface area contributed by atoms with Crippen LogP contribution in [-0.4, -0.2) is 66.9 Å². The maximum atomic E-state index is 12.5. The van der Waals surface area contributed by atoms with Gasteiger partial charge in [-0.25, -0.2) is 9.59 Å². The second-order valence-corrected chi connectivity index (χ2v) is 9.33. The molecule has 9 heteroatoms. The monoisotopic (exact) mass is 429 g/mol.